The lowest BCUT2D eigenvalue weighted by atomic mass is 9.82. The van der Waals surface area contributed by atoms with Gasteiger partial charge in [0.15, 0.2) is 0 Å². The van der Waals surface area contributed by atoms with Gasteiger partial charge in [-0.1, -0.05) is 33.1 Å². The first-order chi connectivity index (χ1) is 7.07. The summed E-state index contributed by atoms with van der Waals surface area (Å²) in [5, 5.41) is 0. The van der Waals surface area contributed by atoms with Gasteiger partial charge >= 0.3 is 0 Å². The Morgan fingerprint density at radius 3 is 2.33 bits per heavy atom. The molecule has 0 spiro atoms. The molecular formula is C13H23NO. The lowest BCUT2D eigenvalue weighted by Crippen LogP contribution is -2.55. The molecule has 0 aromatic rings. The van der Waals surface area contributed by atoms with Crippen molar-refractivity contribution in [1.29, 1.82) is 0 Å². The Morgan fingerprint density at radius 2 is 1.80 bits per heavy atom. The molecule has 1 amide bonds. The van der Waals surface area contributed by atoms with E-state index < -0.39 is 0 Å². The second-order valence-corrected chi connectivity index (χ2v) is 6.12. The number of hydrogen-bond acceptors (Lipinski definition) is 1. The summed E-state index contributed by atoms with van der Waals surface area (Å²) in [6, 6.07) is 0. The minimum atomic E-state index is 0.377. The summed E-state index contributed by atoms with van der Waals surface area (Å²) in [5.74, 6) is 1.09. The van der Waals surface area contributed by atoms with Crippen LogP contribution in [0.4, 0.5) is 0 Å². The molecule has 1 aliphatic carbocycles. The summed E-state index contributed by atoms with van der Waals surface area (Å²) in [7, 11) is 0. The van der Waals surface area contributed by atoms with Gasteiger partial charge in [-0.05, 0) is 24.2 Å². The van der Waals surface area contributed by atoms with Crippen LogP contribution < -0.4 is 0 Å². The van der Waals surface area contributed by atoms with Crippen molar-refractivity contribution < 1.29 is 4.79 Å². The van der Waals surface area contributed by atoms with Gasteiger partial charge in [-0.2, -0.15) is 0 Å². The van der Waals surface area contributed by atoms with Crippen LogP contribution in [-0.2, 0) is 4.79 Å². The molecule has 0 aromatic carbocycles. The molecule has 2 nitrogen and oxygen atoms in total. The maximum absolute atomic E-state index is 11.9. The van der Waals surface area contributed by atoms with E-state index in [-0.39, 0.29) is 0 Å². The Bertz CT molecular complexity index is 233. The number of rotatable bonds is 2. The first kappa shape index (κ1) is 11.0. The topological polar surface area (TPSA) is 20.3 Å². The standard InChI is InChI=1S/C13H23NO/c1-13(2)9-14(10-13)12(15)8-11-6-4-3-5-7-11/h11H,3-10H2,1-2H3. The summed E-state index contributed by atoms with van der Waals surface area (Å²) < 4.78 is 0. The van der Waals surface area contributed by atoms with E-state index in [2.05, 4.69) is 13.8 Å². The van der Waals surface area contributed by atoms with E-state index in [9.17, 15) is 4.79 Å². The van der Waals surface area contributed by atoms with Crippen molar-refractivity contribution in [3.63, 3.8) is 0 Å². The van der Waals surface area contributed by atoms with E-state index in [0.29, 0.717) is 17.2 Å². The molecule has 2 aliphatic rings. The predicted octanol–water partition coefficient (Wildman–Crippen LogP) is 2.83. The highest BCUT2D eigenvalue weighted by Crippen LogP contribution is 2.32. The van der Waals surface area contributed by atoms with Gasteiger partial charge in [0.25, 0.3) is 0 Å². The molecule has 0 unspecified atom stereocenters. The molecule has 1 saturated heterocycles. The number of carbonyl (C=O) groups is 1. The van der Waals surface area contributed by atoms with Crippen molar-refractivity contribution in [1.82, 2.24) is 4.90 Å². The zero-order chi connectivity index (χ0) is 10.9. The van der Waals surface area contributed by atoms with Gasteiger partial charge in [-0.3, -0.25) is 4.79 Å². The fraction of sp³-hybridized carbons (Fsp3) is 0.923. The highest BCUT2D eigenvalue weighted by atomic mass is 16.2. The minimum absolute atomic E-state index is 0.377. The Hall–Kier alpha value is -0.530. The zero-order valence-electron chi connectivity index (χ0n) is 10.1. The minimum Gasteiger partial charge on any atom is -0.341 e. The SMILES string of the molecule is CC1(C)CN(C(=O)CC2CCCCC2)C1. The second-order valence-electron chi connectivity index (χ2n) is 6.12. The van der Waals surface area contributed by atoms with Gasteiger partial charge in [-0.25, -0.2) is 0 Å². The van der Waals surface area contributed by atoms with E-state index in [4.69, 9.17) is 0 Å². The van der Waals surface area contributed by atoms with Gasteiger partial charge < -0.3 is 4.90 Å². The van der Waals surface area contributed by atoms with E-state index in [0.717, 1.165) is 19.5 Å². The molecule has 0 radical (unpaired) electrons. The number of amides is 1. The van der Waals surface area contributed by atoms with Crippen molar-refractivity contribution >= 4 is 5.91 Å². The zero-order valence-corrected chi connectivity index (χ0v) is 10.1. The van der Waals surface area contributed by atoms with Gasteiger partial charge in [0.05, 0.1) is 0 Å². The van der Waals surface area contributed by atoms with Crippen LogP contribution in [0.3, 0.4) is 0 Å². The van der Waals surface area contributed by atoms with Gasteiger partial charge in [0, 0.05) is 19.5 Å². The molecule has 0 N–H and O–H groups in total. The highest BCUT2D eigenvalue weighted by Gasteiger charge is 2.37. The molecule has 0 aromatic heterocycles. The predicted molar refractivity (Wildman–Crippen MR) is 61.6 cm³/mol. The lowest BCUT2D eigenvalue weighted by molar-refractivity contribution is -0.142. The maximum atomic E-state index is 11.9. The van der Waals surface area contributed by atoms with Crippen LogP contribution in [-0.4, -0.2) is 23.9 Å². The molecule has 0 bridgehead atoms. The van der Waals surface area contributed by atoms with E-state index in [1.54, 1.807) is 0 Å². The fourth-order valence-electron chi connectivity index (χ4n) is 2.93. The third-order valence-corrected chi connectivity index (χ3v) is 3.78. The quantitative estimate of drug-likeness (QED) is 0.685. The van der Waals surface area contributed by atoms with Crippen molar-refractivity contribution in [2.24, 2.45) is 11.3 Å². The van der Waals surface area contributed by atoms with Crippen molar-refractivity contribution in [3.05, 3.63) is 0 Å². The maximum Gasteiger partial charge on any atom is 0.222 e. The monoisotopic (exact) mass is 209 g/mol. The molecular weight excluding hydrogens is 186 g/mol. The average Bonchev–Trinajstić information content (AvgIpc) is 2.15. The Morgan fingerprint density at radius 1 is 1.20 bits per heavy atom. The third-order valence-electron chi connectivity index (χ3n) is 3.78. The lowest BCUT2D eigenvalue weighted by Gasteiger charge is -2.46. The smallest absolute Gasteiger partial charge is 0.222 e. The number of likely N-dealkylation sites (tertiary alicyclic amines) is 1. The fourth-order valence-corrected chi connectivity index (χ4v) is 2.93. The highest BCUT2D eigenvalue weighted by molar-refractivity contribution is 5.77. The molecule has 1 heterocycles. The first-order valence-corrected chi connectivity index (χ1v) is 6.35. The number of carbonyl (C=O) groups excluding carboxylic acids is 1. The molecule has 1 saturated carbocycles. The van der Waals surface area contributed by atoms with Gasteiger partial charge in [-0.15, -0.1) is 0 Å². The summed E-state index contributed by atoms with van der Waals surface area (Å²) in [5.41, 5.74) is 0.377. The van der Waals surface area contributed by atoms with Crippen LogP contribution in [0.1, 0.15) is 52.4 Å². The Balaban J connectivity index is 1.73. The summed E-state index contributed by atoms with van der Waals surface area (Å²) in [4.78, 5) is 13.9. The van der Waals surface area contributed by atoms with Crippen LogP contribution >= 0.6 is 0 Å². The summed E-state index contributed by atoms with van der Waals surface area (Å²) in [6.07, 6.45) is 7.43. The normalized spacial score (nSPS) is 26.1. The largest absolute Gasteiger partial charge is 0.341 e. The van der Waals surface area contributed by atoms with Crippen LogP contribution in [0.2, 0.25) is 0 Å². The van der Waals surface area contributed by atoms with E-state index >= 15 is 0 Å². The average molecular weight is 209 g/mol. The van der Waals surface area contributed by atoms with Crippen molar-refractivity contribution in [3.8, 4) is 0 Å². The summed E-state index contributed by atoms with van der Waals surface area (Å²) in [6.45, 7) is 6.41. The number of nitrogens with zero attached hydrogens (tertiary/aromatic N) is 1. The van der Waals surface area contributed by atoms with Crippen molar-refractivity contribution in [2.75, 3.05) is 13.1 Å². The molecule has 15 heavy (non-hydrogen) atoms. The van der Waals surface area contributed by atoms with Gasteiger partial charge in [0.1, 0.15) is 0 Å². The van der Waals surface area contributed by atoms with Gasteiger partial charge in [0.2, 0.25) is 5.91 Å². The summed E-state index contributed by atoms with van der Waals surface area (Å²) >= 11 is 0. The Kier molecular flexibility index (Phi) is 3.03. The van der Waals surface area contributed by atoms with Crippen LogP contribution in [0.5, 0.6) is 0 Å². The van der Waals surface area contributed by atoms with E-state index in [1.807, 2.05) is 4.90 Å². The molecule has 2 heteroatoms. The Labute approximate surface area is 93.0 Å². The molecule has 0 atom stereocenters. The number of hydrogen-bond donors (Lipinski definition) is 0. The first-order valence-electron chi connectivity index (χ1n) is 6.35. The molecule has 86 valence electrons. The molecule has 1 aliphatic heterocycles. The van der Waals surface area contributed by atoms with Crippen LogP contribution in [0.25, 0.3) is 0 Å². The third kappa shape index (κ3) is 2.73. The molecule has 2 rings (SSSR count). The second kappa shape index (κ2) is 4.15. The van der Waals surface area contributed by atoms with Crippen LogP contribution in [0.15, 0.2) is 0 Å². The molecule has 2 fully saturated rings. The van der Waals surface area contributed by atoms with Crippen LogP contribution in [0, 0.1) is 11.3 Å². The van der Waals surface area contributed by atoms with Crippen molar-refractivity contribution in [2.45, 2.75) is 52.4 Å². The van der Waals surface area contributed by atoms with E-state index in [1.165, 1.54) is 32.1 Å².